The molecule has 158 valence electrons. The fraction of sp³-hybridized carbons (Fsp3) is 0.455. The number of likely N-dealkylation sites (tertiary alicyclic amines) is 1. The number of amides is 2. The van der Waals surface area contributed by atoms with Gasteiger partial charge in [-0.15, -0.1) is 11.3 Å². The Morgan fingerprint density at radius 3 is 3.00 bits per heavy atom. The topological polar surface area (TPSA) is 95.3 Å². The standard InChI is InChI=1S/C22H26N4O3S/c1-3-29-13-21(27)26-10-4-5-18(15(26)2)22(28)24-12-20-25-19(14-30-20)17-8-6-16(11-23)7-9-17/h6-9,14-15,18H,3-5,10,12-13H2,1-2H3,(H,24,28)/t15-,18-/m0/s1/i1D3,3D2,13D/t13?,15-,18-. The van der Waals surface area contributed by atoms with Crippen LogP contribution >= 0.6 is 11.3 Å². The van der Waals surface area contributed by atoms with Crippen LogP contribution in [0.1, 0.15) is 45.4 Å². The fourth-order valence-electron chi connectivity index (χ4n) is 3.49. The van der Waals surface area contributed by atoms with Gasteiger partial charge in [0.15, 0.2) is 0 Å². The van der Waals surface area contributed by atoms with E-state index in [1.807, 2.05) is 5.38 Å². The molecule has 1 N–H and O–H groups in total. The number of hydrogen-bond donors (Lipinski definition) is 1. The highest BCUT2D eigenvalue weighted by Crippen LogP contribution is 2.25. The normalized spacial score (nSPS) is 23.5. The first-order valence-electron chi connectivity index (χ1n) is 12.5. The number of ether oxygens (including phenoxy) is 1. The highest BCUT2D eigenvalue weighted by Gasteiger charge is 2.35. The zero-order valence-electron chi connectivity index (χ0n) is 22.4. The van der Waals surface area contributed by atoms with Crippen LogP contribution in [0.15, 0.2) is 29.6 Å². The van der Waals surface area contributed by atoms with Gasteiger partial charge >= 0.3 is 0 Å². The van der Waals surface area contributed by atoms with Crippen LogP contribution < -0.4 is 5.32 Å². The van der Waals surface area contributed by atoms with E-state index in [9.17, 15) is 9.59 Å². The summed E-state index contributed by atoms with van der Waals surface area (Å²) in [5, 5.41) is 14.3. The van der Waals surface area contributed by atoms with Crippen LogP contribution in [-0.4, -0.2) is 47.4 Å². The molecule has 0 radical (unpaired) electrons. The molecular weight excluding hydrogens is 400 g/mol. The van der Waals surface area contributed by atoms with Crippen molar-refractivity contribution in [1.29, 1.82) is 5.26 Å². The van der Waals surface area contributed by atoms with Crippen LogP contribution in [0.2, 0.25) is 0 Å². The van der Waals surface area contributed by atoms with Crippen molar-refractivity contribution in [1.82, 2.24) is 15.2 Å². The molecule has 3 rings (SSSR count). The number of nitrogens with one attached hydrogen (secondary N) is 1. The minimum absolute atomic E-state index is 0.194. The van der Waals surface area contributed by atoms with Gasteiger partial charge in [-0.1, -0.05) is 12.1 Å². The van der Waals surface area contributed by atoms with Crippen LogP contribution in [0, 0.1) is 17.2 Å². The Labute approximate surface area is 189 Å². The largest absolute Gasteiger partial charge is 0.372 e. The van der Waals surface area contributed by atoms with Crippen molar-refractivity contribution in [3.05, 3.63) is 40.2 Å². The van der Waals surface area contributed by atoms with Gasteiger partial charge in [0, 0.05) is 34.2 Å². The molecule has 8 heteroatoms. The number of thiazole rings is 1. The first-order chi connectivity index (χ1) is 16.8. The molecule has 2 heterocycles. The van der Waals surface area contributed by atoms with E-state index in [1.54, 1.807) is 31.2 Å². The van der Waals surface area contributed by atoms with Gasteiger partial charge in [-0.2, -0.15) is 5.26 Å². The Hall–Kier alpha value is -2.76. The van der Waals surface area contributed by atoms with Gasteiger partial charge in [0.2, 0.25) is 11.8 Å². The molecule has 2 aromatic rings. The summed E-state index contributed by atoms with van der Waals surface area (Å²) in [5.41, 5.74) is 2.14. The van der Waals surface area contributed by atoms with Gasteiger partial charge in [0.05, 0.1) is 33.9 Å². The number of rotatable bonds is 7. The van der Waals surface area contributed by atoms with E-state index in [2.05, 4.69) is 21.1 Å². The molecule has 1 fully saturated rings. The molecule has 30 heavy (non-hydrogen) atoms. The van der Waals surface area contributed by atoms with E-state index in [4.69, 9.17) is 13.5 Å². The lowest BCUT2D eigenvalue weighted by Gasteiger charge is -2.38. The van der Waals surface area contributed by atoms with Crippen LogP contribution in [-0.2, 0) is 20.9 Å². The Morgan fingerprint density at radius 1 is 1.47 bits per heavy atom. The number of carbonyl (C=O) groups excluding carboxylic acids is 2. The summed E-state index contributed by atoms with van der Waals surface area (Å²) in [5.74, 6) is -1.73. The van der Waals surface area contributed by atoms with Gasteiger partial charge in [-0.25, -0.2) is 4.98 Å². The Morgan fingerprint density at radius 2 is 2.27 bits per heavy atom. The molecule has 1 aromatic carbocycles. The van der Waals surface area contributed by atoms with E-state index >= 15 is 0 Å². The lowest BCUT2D eigenvalue weighted by Crippen LogP contribution is -2.52. The smallest absolute Gasteiger partial charge is 0.248 e. The summed E-state index contributed by atoms with van der Waals surface area (Å²) < 4.78 is 49.1. The summed E-state index contributed by atoms with van der Waals surface area (Å²) in [7, 11) is 0. The van der Waals surface area contributed by atoms with Gasteiger partial charge < -0.3 is 15.0 Å². The lowest BCUT2D eigenvalue weighted by molar-refractivity contribution is -0.143. The van der Waals surface area contributed by atoms with Crippen molar-refractivity contribution in [3.63, 3.8) is 0 Å². The SMILES string of the molecule is [2H]C(OC([2H])([2H])C([2H])([2H])[2H])C(=O)N1CCC[C@H](C(=O)NCc2nc(-c3ccc(C#N)cc3)cs2)[C@@H]1C. The van der Waals surface area contributed by atoms with Crippen molar-refractivity contribution in [3.8, 4) is 17.3 Å². The zero-order chi connectivity index (χ0) is 26.7. The molecule has 1 saturated heterocycles. The summed E-state index contributed by atoms with van der Waals surface area (Å²) in [6.45, 7) is -6.27. The molecule has 0 saturated carbocycles. The highest BCUT2D eigenvalue weighted by atomic mass is 32.1. The molecule has 1 unspecified atom stereocenters. The van der Waals surface area contributed by atoms with Gasteiger partial charge in [-0.3, -0.25) is 9.59 Å². The van der Waals surface area contributed by atoms with Gasteiger partial charge in [-0.05, 0) is 38.8 Å². The first-order valence-corrected chi connectivity index (χ1v) is 10.3. The first kappa shape index (κ1) is 15.1. The second-order valence-corrected chi connectivity index (χ2v) is 7.83. The summed E-state index contributed by atoms with van der Waals surface area (Å²) in [4.78, 5) is 31.5. The van der Waals surface area contributed by atoms with E-state index < -0.39 is 37.9 Å². The monoisotopic (exact) mass is 432 g/mol. The van der Waals surface area contributed by atoms with E-state index in [0.29, 0.717) is 23.4 Å². The lowest BCUT2D eigenvalue weighted by atomic mass is 9.89. The van der Waals surface area contributed by atoms with Crippen LogP contribution in [0.3, 0.4) is 0 Å². The van der Waals surface area contributed by atoms with Crippen LogP contribution in [0.4, 0.5) is 0 Å². The predicted octanol–water partition coefficient (Wildman–Crippen LogP) is 2.96. The highest BCUT2D eigenvalue weighted by molar-refractivity contribution is 7.09. The predicted molar refractivity (Wildman–Crippen MR) is 115 cm³/mol. The molecular formula is C22H26N4O3S. The van der Waals surface area contributed by atoms with Gasteiger partial charge in [0.25, 0.3) is 0 Å². The minimum atomic E-state index is -3.16. The maximum Gasteiger partial charge on any atom is 0.248 e. The minimum Gasteiger partial charge on any atom is -0.372 e. The molecule has 0 spiro atoms. The Bertz CT molecular complexity index is 1130. The number of piperidine rings is 1. The number of aromatic nitrogens is 1. The molecule has 0 aliphatic carbocycles. The maximum absolute atomic E-state index is 12.9. The summed E-state index contributed by atoms with van der Waals surface area (Å²) in [6.07, 6.45) is 1.01. The second kappa shape index (κ2) is 10.3. The quantitative estimate of drug-likeness (QED) is 0.726. The van der Waals surface area contributed by atoms with Crippen molar-refractivity contribution >= 4 is 23.2 Å². The molecule has 1 aliphatic rings. The van der Waals surface area contributed by atoms with E-state index in [0.717, 1.165) is 11.3 Å². The molecule has 7 nitrogen and oxygen atoms in total. The van der Waals surface area contributed by atoms with E-state index in [-0.39, 0.29) is 19.0 Å². The third-order valence-corrected chi connectivity index (χ3v) is 5.95. The fourth-order valence-corrected chi connectivity index (χ4v) is 4.23. The van der Waals surface area contributed by atoms with Gasteiger partial charge in [0.1, 0.15) is 11.6 Å². The summed E-state index contributed by atoms with van der Waals surface area (Å²) in [6, 6.07) is 8.49. The van der Waals surface area contributed by atoms with Crippen molar-refractivity contribution in [2.75, 3.05) is 19.7 Å². The molecule has 1 aliphatic heterocycles. The molecule has 0 bridgehead atoms. The molecule has 3 atom stereocenters. The number of nitriles is 1. The number of nitrogens with zero attached hydrogens (tertiary/aromatic N) is 3. The second-order valence-electron chi connectivity index (χ2n) is 6.89. The third kappa shape index (κ3) is 5.23. The van der Waals surface area contributed by atoms with E-state index in [1.165, 1.54) is 16.2 Å². The zero-order valence-corrected chi connectivity index (χ0v) is 17.2. The van der Waals surface area contributed by atoms with Crippen LogP contribution in [0.5, 0.6) is 0 Å². The average molecular weight is 433 g/mol. The Balaban J connectivity index is 1.59. The maximum atomic E-state index is 12.9. The average Bonchev–Trinajstić information content (AvgIpc) is 3.30. The Kier molecular flexibility index (Phi) is 5.20. The summed E-state index contributed by atoms with van der Waals surface area (Å²) >= 11 is 1.38. The third-order valence-electron chi connectivity index (χ3n) is 5.10. The number of hydrogen-bond acceptors (Lipinski definition) is 6. The molecule has 2 amide bonds. The van der Waals surface area contributed by atoms with Crippen molar-refractivity contribution in [2.24, 2.45) is 5.92 Å². The van der Waals surface area contributed by atoms with Crippen LogP contribution in [0.25, 0.3) is 11.3 Å². The van der Waals surface area contributed by atoms with Crippen molar-refractivity contribution < 1.29 is 22.6 Å². The van der Waals surface area contributed by atoms with Crippen molar-refractivity contribution in [2.45, 2.75) is 39.2 Å². The molecule has 1 aromatic heterocycles. The number of benzene rings is 1. The number of carbonyl (C=O) groups is 2.